The van der Waals surface area contributed by atoms with Crippen LogP contribution < -0.4 is 4.72 Å². The van der Waals surface area contributed by atoms with Crippen molar-refractivity contribution in [3.8, 4) is 0 Å². The Bertz CT molecular complexity index is 544. The Morgan fingerprint density at radius 2 is 1.90 bits per heavy atom. The van der Waals surface area contributed by atoms with Crippen molar-refractivity contribution in [2.24, 2.45) is 0 Å². The molecule has 0 unspecified atom stereocenters. The molecule has 0 saturated heterocycles. The Balaban J connectivity index is 1.58. The number of hydrogen-bond donors (Lipinski definition) is 1. The molecule has 0 atom stereocenters. The van der Waals surface area contributed by atoms with Crippen molar-refractivity contribution in [3.05, 3.63) is 41.7 Å². The maximum absolute atomic E-state index is 5.03. The number of benzene rings is 1. The molecule has 106 valence electrons. The number of nitrogens with one attached hydrogen (secondary N) is 1. The van der Waals surface area contributed by atoms with Gasteiger partial charge in [0.25, 0.3) is 0 Å². The summed E-state index contributed by atoms with van der Waals surface area (Å²) in [6.45, 7) is 1.89. The zero-order valence-electron chi connectivity index (χ0n) is 11.8. The quantitative estimate of drug-likeness (QED) is 0.790. The third kappa shape index (κ3) is 3.37. The molecular formula is C16H20N2OS. The molecule has 0 bridgehead atoms. The molecule has 1 heterocycles. The average molecular weight is 288 g/mol. The molecule has 1 aliphatic rings. The van der Waals surface area contributed by atoms with Gasteiger partial charge in [0.1, 0.15) is 5.76 Å². The van der Waals surface area contributed by atoms with Crippen LogP contribution in [0.4, 0.5) is 5.82 Å². The highest BCUT2D eigenvalue weighted by atomic mass is 32.2. The molecule has 0 radical (unpaired) electrons. The predicted molar refractivity (Wildman–Crippen MR) is 83.0 cm³/mol. The van der Waals surface area contributed by atoms with Gasteiger partial charge in [-0.1, -0.05) is 36.6 Å². The van der Waals surface area contributed by atoms with Gasteiger partial charge in [-0.15, -0.1) is 0 Å². The fraction of sp³-hybridized carbons (Fsp3) is 0.438. The van der Waals surface area contributed by atoms with Crippen LogP contribution in [0.25, 0.3) is 0 Å². The summed E-state index contributed by atoms with van der Waals surface area (Å²) in [6.07, 6.45) is 6.87. The second kappa shape index (κ2) is 6.35. The topological polar surface area (TPSA) is 38.1 Å². The summed E-state index contributed by atoms with van der Waals surface area (Å²) in [4.78, 5) is 1.20. The minimum atomic E-state index is 0.767. The maximum atomic E-state index is 5.03. The van der Waals surface area contributed by atoms with Gasteiger partial charge in [0.2, 0.25) is 0 Å². The molecule has 1 fully saturated rings. The molecular weight excluding hydrogens is 268 g/mol. The minimum Gasteiger partial charge on any atom is -0.360 e. The van der Waals surface area contributed by atoms with Gasteiger partial charge < -0.3 is 9.25 Å². The van der Waals surface area contributed by atoms with Gasteiger partial charge in [0.05, 0.1) is 0 Å². The highest BCUT2D eigenvalue weighted by Crippen LogP contribution is 2.33. The Hall–Kier alpha value is -1.42. The van der Waals surface area contributed by atoms with Gasteiger partial charge >= 0.3 is 0 Å². The van der Waals surface area contributed by atoms with Gasteiger partial charge in [-0.25, -0.2) is 0 Å². The molecule has 1 aromatic carbocycles. The van der Waals surface area contributed by atoms with Crippen molar-refractivity contribution in [1.82, 2.24) is 5.16 Å². The second-order valence-electron chi connectivity index (χ2n) is 5.43. The third-order valence-electron chi connectivity index (χ3n) is 3.86. The zero-order chi connectivity index (χ0) is 13.8. The lowest BCUT2D eigenvalue weighted by Gasteiger charge is -2.22. The molecule has 1 saturated carbocycles. The number of rotatable bonds is 4. The number of hydrogen-bond acceptors (Lipinski definition) is 4. The molecule has 2 aromatic rings. The second-order valence-corrected chi connectivity index (χ2v) is 6.31. The molecule has 3 nitrogen and oxygen atoms in total. The Labute approximate surface area is 124 Å². The summed E-state index contributed by atoms with van der Waals surface area (Å²) in [5.74, 6) is 2.36. The lowest BCUT2D eigenvalue weighted by molar-refractivity contribution is 0.400. The van der Waals surface area contributed by atoms with Crippen LogP contribution in [0, 0.1) is 6.92 Å². The first-order valence-electron chi connectivity index (χ1n) is 7.27. The normalized spacial score (nSPS) is 16.2. The fourth-order valence-electron chi connectivity index (χ4n) is 2.77. The lowest BCUT2D eigenvalue weighted by Crippen LogP contribution is -2.04. The molecule has 0 aliphatic heterocycles. The molecule has 3 rings (SSSR count). The van der Waals surface area contributed by atoms with Crippen LogP contribution in [0.2, 0.25) is 0 Å². The minimum absolute atomic E-state index is 0.767. The lowest BCUT2D eigenvalue weighted by atomic mass is 9.84. The van der Waals surface area contributed by atoms with Crippen LogP contribution >= 0.6 is 11.9 Å². The molecule has 0 spiro atoms. The van der Waals surface area contributed by atoms with Crippen molar-refractivity contribution in [1.29, 1.82) is 0 Å². The van der Waals surface area contributed by atoms with Gasteiger partial charge in [0.15, 0.2) is 5.82 Å². The van der Waals surface area contributed by atoms with Crippen molar-refractivity contribution in [3.63, 3.8) is 0 Å². The van der Waals surface area contributed by atoms with Crippen LogP contribution in [0.5, 0.6) is 0 Å². The molecule has 1 N–H and O–H groups in total. The van der Waals surface area contributed by atoms with Crippen molar-refractivity contribution < 1.29 is 4.52 Å². The standard InChI is InChI=1S/C16H20N2OS/c1-12-11-16(17-19-12)18-20-15-9-7-14(8-10-15)13-5-3-2-4-6-13/h7-11,13H,2-6H2,1H3,(H,17,18). The first-order chi connectivity index (χ1) is 9.81. The van der Waals surface area contributed by atoms with Gasteiger partial charge in [0, 0.05) is 11.0 Å². The van der Waals surface area contributed by atoms with Gasteiger partial charge in [-0.2, -0.15) is 0 Å². The summed E-state index contributed by atoms with van der Waals surface area (Å²) < 4.78 is 8.22. The van der Waals surface area contributed by atoms with E-state index >= 15 is 0 Å². The van der Waals surface area contributed by atoms with E-state index in [2.05, 4.69) is 34.1 Å². The van der Waals surface area contributed by atoms with Crippen LogP contribution in [0.1, 0.15) is 49.3 Å². The van der Waals surface area contributed by atoms with E-state index in [4.69, 9.17) is 4.52 Å². The molecule has 4 heteroatoms. The molecule has 1 aliphatic carbocycles. The van der Waals surface area contributed by atoms with E-state index in [0.29, 0.717) is 0 Å². The third-order valence-corrected chi connectivity index (χ3v) is 4.68. The number of anilines is 1. The SMILES string of the molecule is Cc1cc(NSc2ccc(C3CCCCC3)cc2)no1. The average Bonchev–Trinajstić information content (AvgIpc) is 2.92. The van der Waals surface area contributed by atoms with Crippen LogP contribution in [0.3, 0.4) is 0 Å². The first kappa shape index (κ1) is 13.6. The summed E-state index contributed by atoms with van der Waals surface area (Å²) in [5.41, 5.74) is 1.49. The number of aryl methyl sites for hydroxylation is 1. The highest BCUT2D eigenvalue weighted by molar-refractivity contribution is 8.00. The largest absolute Gasteiger partial charge is 0.360 e. The molecule has 0 amide bonds. The van der Waals surface area contributed by atoms with Crippen molar-refractivity contribution in [2.75, 3.05) is 4.72 Å². The van der Waals surface area contributed by atoms with Crippen molar-refractivity contribution in [2.45, 2.75) is 49.8 Å². The van der Waals surface area contributed by atoms with Gasteiger partial charge in [-0.3, -0.25) is 0 Å². The van der Waals surface area contributed by atoms with E-state index in [9.17, 15) is 0 Å². The van der Waals surface area contributed by atoms with E-state index in [1.165, 1.54) is 42.6 Å². The first-order valence-corrected chi connectivity index (χ1v) is 8.09. The monoisotopic (exact) mass is 288 g/mol. The van der Waals surface area contributed by atoms with Crippen LogP contribution in [-0.4, -0.2) is 5.16 Å². The van der Waals surface area contributed by atoms with E-state index in [1.807, 2.05) is 13.0 Å². The van der Waals surface area contributed by atoms with Crippen LogP contribution in [0.15, 0.2) is 39.8 Å². The fourth-order valence-corrected chi connectivity index (χ4v) is 3.36. The Morgan fingerprint density at radius 1 is 1.15 bits per heavy atom. The number of aromatic nitrogens is 1. The Morgan fingerprint density at radius 3 is 2.55 bits per heavy atom. The molecule has 1 aromatic heterocycles. The summed E-state index contributed by atoms with van der Waals surface area (Å²) >= 11 is 1.57. The maximum Gasteiger partial charge on any atom is 0.179 e. The highest BCUT2D eigenvalue weighted by Gasteiger charge is 2.15. The summed E-state index contributed by atoms with van der Waals surface area (Å²) in [5, 5.41) is 3.91. The summed E-state index contributed by atoms with van der Waals surface area (Å²) in [6, 6.07) is 10.8. The van der Waals surface area contributed by atoms with E-state index in [0.717, 1.165) is 17.5 Å². The Kier molecular flexibility index (Phi) is 4.31. The predicted octanol–water partition coefficient (Wildman–Crippen LogP) is 5.15. The van der Waals surface area contributed by atoms with Gasteiger partial charge in [-0.05, 0) is 55.3 Å². The summed E-state index contributed by atoms with van der Waals surface area (Å²) in [7, 11) is 0. The zero-order valence-corrected chi connectivity index (χ0v) is 12.6. The van der Waals surface area contributed by atoms with E-state index < -0.39 is 0 Å². The molecule has 20 heavy (non-hydrogen) atoms. The van der Waals surface area contributed by atoms with E-state index in [-0.39, 0.29) is 0 Å². The van der Waals surface area contributed by atoms with E-state index in [1.54, 1.807) is 11.9 Å². The van der Waals surface area contributed by atoms with Crippen LogP contribution in [-0.2, 0) is 0 Å². The number of nitrogens with zero attached hydrogens (tertiary/aromatic N) is 1. The van der Waals surface area contributed by atoms with Crippen molar-refractivity contribution >= 4 is 17.8 Å². The smallest absolute Gasteiger partial charge is 0.179 e.